The Kier molecular flexibility index (Phi) is 4.65. The van der Waals surface area contributed by atoms with Gasteiger partial charge in [-0.2, -0.15) is 0 Å². The molecule has 110 valence electrons. The molecule has 1 aromatic carbocycles. The average molecular weight is 275 g/mol. The van der Waals surface area contributed by atoms with Crippen molar-refractivity contribution in [3.05, 3.63) is 29.3 Å². The SMILES string of the molecule is COc1ccc(C(=N)N)cc1CN(CC(C)C)C1CC1. The third-order valence-electron chi connectivity index (χ3n) is 3.63. The number of methoxy groups -OCH3 is 1. The second-order valence-electron chi connectivity index (χ2n) is 5.99. The van der Waals surface area contributed by atoms with E-state index in [1.54, 1.807) is 7.11 Å². The molecule has 1 saturated carbocycles. The van der Waals surface area contributed by atoms with E-state index in [9.17, 15) is 0 Å². The van der Waals surface area contributed by atoms with E-state index >= 15 is 0 Å². The largest absolute Gasteiger partial charge is 0.496 e. The van der Waals surface area contributed by atoms with E-state index in [0.29, 0.717) is 12.0 Å². The smallest absolute Gasteiger partial charge is 0.123 e. The highest BCUT2D eigenvalue weighted by atomic mass is 16.5. The Labute approximate surface area is 121 Å². The maximum atomic E-state index is 7.58. The van der Waals surface area contributed by atoms with E-state index in [1.165, 1.54) is 12.8 Å². The van der Waals surface area contributed by atoms with Gasteiger partial charge in [-0.1, -0.05) is 13.8 Å². The maximum absolute atomic E-state index is 7.58. The number of benzene rings is 1. The fourth-order valence-electron chi connectivity index (χ4n) is 2.54. The van der Waals surface area contributed by atoms with Crippen molar-refractivity contribution in [2.24, 2.45) is 11.7 Å². The number of ether oxygens (including phenoxy) is 1. The molecule has 0 saturated heterocycles. The molecule has 0 amide bonds. The summed E-state index contributed by atoms with van der Waals surface area (Å²) in [5.74, 6) is 1.64. The van der Waals surface area contributed by atoms with Gasteiger partial charge in [-0.15, -0.1) is 0 Å². The highest BCUT2D eigenvalue weighted by molar-refractivity contribution is 5.95. The van der Waals surface area contributed by atoms with Crippen LogP contribution in [0.2, 0.25) is 0 Å². The van der Waals surface area contributed by atoms with Crippen LogP contribution in [0.3, 0.4) is 0 Å². The normalized spacial score (nSPS) is 14.8. The first-order valence-corrected chi connectivity index (χ1v) is 7.26. The molecule has 1 aromatic rings. The van der Waals surface area contributed by atoms with Crippen LogP contribution in [0, 0.1) is 11.3 Å². The molecule has 0 spiro atoms. The van der Waals surface area contributed by atoms with Gasteiger partial charge < -0.3 is 10.5 Å². The van der Waals surface area contributed by atoms with Crippen molar-refractivity contribution in [3.63, 3.8) is 0 Å². The van der Waals surface area contributed by atoms with Gasteiger partial charge >= 0.3 is 0 Å². The first kappa shape index (κ1) is 14.9. The fourth-order valence-corrected chi connectivity index (χ4v) is 2.54. The first-order chi connectivity index (χ1) is 9.51. The fraction of sp³-hybridized carbons (Fsp3) is 0.562. The Hall–Kier alpha value is -1.55. The molecule has 0 heterocycles. The van der Waals surface area contributed by atoms with E-state index in [-0.39, 0.29) is 5.84 Å². The predicted molar refractivity (Wildman–Crippen MR) is 82.3 cm³/mol. The lowest BCUT2D eigenvalue weighted by Crippen LogP contribution is -2.29. The van der Waals surface area contributed by atoms with Gasteiger partial charge in [0.25, 0.3) is 0 Å². The molecule has 0 aliphatic heterocycles. The highest BCUT2D eigenvalue weighted by Gasteiger charge is 2.29. The molecule has 1 aliphatic carbocycles. The summed E-state index contributed by atoms with van der Waals surface area (Å²) in [5.41, 5.74) is 7.47. The van der Waals surface area contributed by atoms with Gasteiger partial charge in [0, 0.05) is 30.3 Å². The summed E-state index contributed by atoms with van der Waals surface area (Å²) in [6.45, 7) is 6.46. The van der Waals surface area contributed by atoms with E-state index in [4.69, 9.17) is 15.9 Å². The Bertz CT molecular complexity index is 481. The molecule has 1 aliphatic rings. The third kappa shape index (κ3) is 3.73. The molecule has 1 fully saturated rings. The Morgan fingerprint density at radius 2 is 2.15 bits per heavy atom. The lowest BCUT2D eigenvalue weighted by molar-refractivity contribution is 0.223. The summed E-state index contributed by atoms with van der Waals surface area (Å²) in [6.07, 6.45) is 2.59. The number of nitrogen functional groups attached to an aromatic ring is 1. The van der Waals surface area contributed by atoms with Crippen LogP contribution in [-0.4, -0.2) is 30.4 Å². The average Bonchev–Trinajstić information content (AvgIpc) is 3.21. The summed E-state index contributed by atoms with van der Waals surface area (Å²) in [7, 11) is 1.69. The van der Waals surface area contributed by atoms with Crippen LogP contribution in [0.25, 0.3) is 0 Å². The van der Waals surface area contributed by atoms with Crippen molar-refractivity contribution in [3.8, 4) is 5.75 Å². The summed E-state index contributed by atoms with van der Waals surface area (Å²) in [5, 5.41) is 7.58. The number of nitrogens with one attached hydrogen (secondary N) is 1. The van der Waals surface area contributed by atoms with Gasteiger partial charge in [0.1, 0.15) is 11.6 Å². The number of hydrogen-bond donors (Lipinski definition) is 2. The minimum Gasteiger partial charge on any atom is -0.496 e. The van der Waals surface area contributed by atoms with Crippen LogP contribution < -0.4 is 10.5 Å². The molecule has 0 radical (unpaired) electrons. The van der Waals surface area contributed by atoms with E-state index in [2.05, 4.69) is 18.7 Å². The van der Waals surface area contributed by atoms with Gasteiger partial charge in [0.15, 0.2) is 0 Å². The van der Waals surface area contributed by atoms with E-state index < -0.39 is 0 Å². The molecule has 2 rings (SSSR count). The van der Waals surface area contributed by atoms with Crippen molar-refractivity contribution in [2.75, 3.05) is 13.7 Å². The summed E-state index contributed by atoms with van der Waals surface area (Å²) < 4.78 is 5.45. The van der Waals surface area contributed by atoms with Gasteiger partial charge in [0.2, 0.25) is 0 Å². The number of nitrogens with two attached hydrogens (primary N) is 1. The van der Waals surface area contributed by atoms with E-state index in [0.717, 1.165) is 30.0 Å². The monoisotopic (exact) mass is 275 g/mol. The minimum absolute atomic E-state index is 0.107. The highest BCUT2D eigenvalue weighted by Crippen LogP contribution is 2.31. The van der Waals surface area contributed by atoms with Gasteiger partial charge in [-0.25, -0.2) is 0 Å². The number of amidine groups is 1. The quantitative estimate of drug-likeness (QED) is 0.594. The van der Waals surface area contributed by atoms with Gasteiger partial charge in [-0.05, 0) is 37.0 Å². The summed E-state index contributed by atoms with van der Waals surface area (Å²) >= 11 is 0. The van der Waals surface area contributed by atoms with Crippen LogP contribution >= 0.6 is 0 Å². The first-order valence-electron chi connectivity index (χ1n) is 7.26. The van der Waals surface area contributed by atoms with Crippen molar-refractivity contribution in [1.82, 2.24) is 4.90 Å². The standard InChI is InChI=1S/C16H25N3O/c1-11(2)9-19(14-5-6-14)10-13-8-12(16(17)18)4-7-15(13)20-3/h4,7-8,11,14H,5-6,9-10H2,1-3H3,(H3,17,18). The Balaban J connectivity index is 2.20. The topological polar surface area (TPSA) is 62.3 Å². The molecule has 20 heavy (non-hydrogen) atoms. The molecule has 0 unspecified atom stereocenters. The van der Waals surface area contributed by atoms with E-state index in [1.807, 2.05) is 18.2 Å². The number of hydrogen-bond acceptors (Lipinski definition) is 3. The third-order valence-corrected chi connectivity index (χ3v) is 3.63. The molecule has 4 heteroatoms. The van der Waals surface area contributed by atoms with Crippen LogP contribution in [0.4, 0.5) is 0 Å². The zero-order valence-corrected chi connectivity index (χ0v) is 12.6. The zero-order valence-electron chi connectivity index (χ0n) is 12.6. The van der Waals surface area contributed by atoms with Crippen molar-refractivity contribution in [2.45, 2.75) is 39.3 Å². The second-order valence-corrected chi connectivity index (χ2v) is 5.99. The summed E-state index contributed by atoms with van der Waals surface area (Å²) in [4.78, 5) is 2.52. The van der Waals surface area contributed by atoms with Gasteiger partial charge in [0.05, 0.1) is 7.11 Å². The lowest BCUT2D eigenvalue weighted by Gasteiger charge is -2.25. The Morgan fingerprint density at radius 1 is 1.45 bits per heavy atom. The molecule has 4 nitrogen and oxygen atoms in total. The zero-order chi connectivity index (χ0) is 14.7. The molecular weight excluding hydrogens is 250 g/mol. The molecule has 3 N–H and O–H groups in total. The number of nitrogens with zero attached hydrogens (tertiary/aromatic N) is 1. The Morgan fingerprint density at radius 3 is 2.65 bits per heavy atom. The second kappa shape index (κ2) is 6.27. The molecule has 0 aromatic heterocycles. The van der Waals surface area contributed by atoms with Crippen LogP contribution in [0.15, 0.2) is 18.2 Å². The lowest BCUT2D eigenvalue weighted by atomic mass is 10.1. The van der Waals surface area contributed by atoms with Crippen molar-refractivity contribution >= 4 is 5.84 Å². The van der Waals surface area contributed by atoms with Crippen LogP contribution in [-0.2, 0) is 6.54 Å². The van der Waals surface area contributed by atoms with Crippen LogP contribution in [0.1, 0.15) is 37.8 Å². The van der Waals surface area contributed by atoms with Crippen molar-refractivity contribution < 1.29 is 4.74 Å². The summed E-state index contributed by atoms with van der Waals surface area (Å²) in [6, 6.07) is 6.45. The molecule has 0 bridgehead atoms. The van der Waals surface area contributed by atoms with Gasteiger partial charge in [-0.3, -0.25) is 10.3 Å². The number of rotatable bonds is 7. The molecule has 0 atom stereocenters. The maximum Gasteiger partial charge on any atom is 0.123 e. The predicted octanol–water partition coefficient (Wildman–Crippen LogP) is 2.60. The minimum atomic E-state index is 0.107. The van der Waals surface area contributed by atoms with Crippen molar-refractivity contribution in [1.29, 1.82) is 5.41 Å². The molecular formula is C16H25N3O. The van der Waals surface area contributed by atoms with Crippen LogP contribution in [0.5, 0.6) is 5.75 Å².